The fourth-order valence-electron chi connectivity index (χ4n) is 2.69. The molecule has 1 aromatic carbocycles. The molecule has 0 unspecified atom stereocenters. The van der Waals surface area contributed by atoms with E-state index in [0.29, 0.717) is 17.9 Å². The van der Waals surface area contributed by atoms with Crippen LogP contribution in [0.25, 0.3) is 0 Å². The highest BCUT2D eigenvalue weighted by molar-refractivity contribution is 5.42. The van der Waals surface area contributed by atoms with E-state index in [9.17, 15) is 0 Å². The predicted octanol–water partition coefficient (Wildman–Crippen LogP) is 2.35. The van der Waals surface area contributed by atoms with Crippen LogP contribution in [0.2, 0.25) is 0 Å². The van der Waals surface area contributed by atoms with E-state index in [1.807, 2.05) is 18.2 Å². The van der Waals surface area contributed by atoms with Gasteiger partial charge < -0.3 is 9.64 Å². The maximum atomic E-state index is 9.02. The van der Waals surface area contributed by atoms with Crippen molar-refractivity contribution in [3.63, 3.8) is 0 Å². The Balaban J connectivity index is 1.74. The molecule has 4 heteroatoms. The van der Waals surface area contributed by atoms with E-state index in [1.165, 1.54) is 0 Å². The summed E-state index contributed by atoms with van der Waals surface area (Å²) in [5.41, 5.74) is 0.852. The molecule has 1 aromatic rings. The summed E-state index contributed by atoms with van der Waals surface area (Å²) >= 11 is 0. The summed E-state index contributed by atoms with van der Waals surface area (Å²) < 4.78 is 5.73. The molecule has 0 saturated carbocycles. The number of rotatable bonds is 5. The second-order valence-corrected chi connectivity index (χ2v) is 6.32. The maximum absolute atomic E-state index is 9.02. The standard InChI is InChI=1S/C17H25N3O/c1-17(2)14-20(11-10-19(17)3)9-6-12-21-16-8-5-4-7-15(16)13-18/h4-5,7-8H,6,9-12,14H2,1-3H3. The quantitative estimate of drug-likeness (QED) is 0.779. The average molecular weight is 287 g/mol. The molecular weight excluding hydrogens is 262 g/mol. The van der Waals surface area contributed by atoms with E-state index in [1.54, 1.807) is 6.07 Å². The van der Waals surface area contributed by atoms with Gasteiger partial charge >= 0.3 is 0 Å². The first-order valence-electron chi connectivity index (χ1n) is 7.58. The Morgan fingerprint density at radius 2 is 2.05 bits per heavy atom. The maximum Gasteiger partial charge on any atom is 0.137 e. The highest BCUT2D eigenvalue weighted by Crippen LogP contribution is 2.19. The number of para-hydroxylation sites is 1. The van der Waals surface area contributed by atoms with Gasteiger partial charge in [0.1, 0.15) is 11.8 Å². The predicted molar refractivity (Wildman–Crippen MR) is 84.4 cm³/mol. The smallest absolute Gasteiger partial charge is 0.137 e. The van der Waals surface area contributed by atoms with Gasteiger partial charge in [-0.2, -0.15) is 5.26 Å². The van der Waals surface area contributed by atoms with Crippen LogP contribution in [-0.2, 0) is 0 Å². The van der Waals surface area contributed by atoms with Gasteiger partial charge in [0.05, 0.1) is 12.2 Å². The van der Waals surface area contributed by atoms with Crippen molar-refractivity contribution >= 4 is 0 Å². The van der Waals surface area contributed by atoms with Crippen LogP contribution >= 0.6 is 0 Å². The van der Waals surface area contributed by atoms with Gasteiger partial charge in [-0.15, -0.1) is 0 Å². The highest BCUT2D eigenvalue weighted by atomic mass is 16.5. The van der Waals surface area contributed by atoms with Gasteiger partial charge in [-0.05, 0) is 39.4 Å². The fraction of sp³-hybridized carbons (Fsp3) is 0.588. The summed E-state index contributed by atoms with van der Waals surface area (Å²) in [7, 11) is 2.19. The van der Waals surface area contributed by atoms with Crippen LogP contribution in [0.15, 0.2) is 24.3 Å². The van der Waals surface area contributed by atoms with Gasteiger partial charge in [0.25, 0.3) is 0 Å². The van der Waals surface area contributed by atoms with E-state index in [-0.39, 0.29) is 5.54 Å². The third-order valence-electron chi connectivity index (χ3n) is 4.28. The lowest BCUT2D eigenvalue weighted by molar-refractivity contribution is 0.0377. The molecule has 0 bridgehead atoms. The van der Waals surface area contributed by atoms with Crippen molar-refractivity contribution in [3.8, 4) is 11.8 Å². The highest BCUT2D eigenvalue weighted by Gasteiger charge is 2.30. The Labute approximate surface area is 127 Å². The fourth-order valence-corrected chi connectivity index (χ4v) is 2.69. The van der Waals surface area contributed by atoms with Gasteiger partial charge in [-0.1, -0.05) is 12.1 Å². The number of likely N-dealkylation sites (N-methyl/N-ethyl adjacent to an activating group) is 1. The molecule has 4 nitrogen and oxygen atoms in total. The average Bonchev–Trinajstić information content (AvgIpc) is 2.47. The van der Waals surface area contributed by atoms with E-state index in [0.717, 1.165) is 32.6 Å². The summed E-state index contributed by atoms with van der Waals surface area (Å²) in [6.07, 6.45) is 0.986. The van der Waals surface area contributed by atoms with Crippen molar-refractivity contribution in [2.24, 2.45) is 0 Å². The molecule has 1 fully saturated rings. The Bertz CT molecular complexity index is 507. The lowest BCUT2D eigenvalue weighted by atomic mass is 10.00. The summed E-state index contributed by atoms with van der Waals surface area (Å²) in [5.74, 6) is 0.693. The first-order valence-corrected chi connectivity index (χ1v) is 7.58. The Morgan fingerprint density at radius 3 is 2.76 bits per heavy atom. The summed E-state index contributed by atoms with van der Waals surface area (Å²) in [6.45, 7) is 9.62. The molecule has 0 N–H and O–H groups in total. The van der Waals surface area contributed by atoms with Gasteiger partial charge in [-0.25, -0.2) is 0 Å². The van der Waals surface area contributed by atoms with Crippen LogP contribution in [0.4, 0.5) is 0 Å². The van der Waals surface area contributed by atoms with Crippen LogP contribution in [0.3, 0.4) is 0 Å². The molecule has 1 saturated heterocycles. The third kappa shape index (κ3) is 4.20. The minimum absolute atomic E-state index is 0.243. The molecule has 0 radical (unpaired) electrons. The number of hydrogen-bond donors (Lipinski definition) is 0. The first-order chi connectivity index (χ1) is 10.0. The summed E-state index contributed by atoms with van der Waals surface area (Å²) in [4.78, 5) is 4.92. The van der Waals surface area contributed by atoms with Crippen molar-refractivity contribution in [2.45, 2.75) is 25.8 Å². The monoisotopic (exact) mass is 287 g/mol. The summed E-state index contributed by atoms with van der Waals surface area (Å²) in [6, 6.07) is 9.57. The van der Waals surface area contributed by atoms with Crippen LogP contribution in [0.1, 0.15) is 25.8 Å². The molecular formula is C17H25N3O. The van der Waals surface area contributed by atoms with Gasteiger partial charge in [0.2, 0.25) is 0 Å². The number of hydrogen-bond acceptors (Lipinski definition) is 4. The van der Waals surface area contributed by atoms with Crippen molar-refractivity contribution in [2.75, 3.05) is 39.8 Å². The Kier molecular flexibility index (Phi) is 5.22. The number of benzene rings is 1. The Morgan fingerprint density at radius 1 is 1.29 bits per heavy atom. The Hall–Kier alpha value is -1.57. The molecule has 0 aliphatic carbocycles. The normalized spacial score (nSPS) is 19.1. The molecule has 0 amide bonds. The van der Waals surface area contributed by atoms with Crippen LogP contribution in [-0.4, -0.2) is 55.2 Å². The van der Waals surface area contributed by atoms with E-state index < -0.39 is 0 Å². The summed E-state index contributed by atoms with van der Waals surface area (Å²) in [5, 5.41) is 9.02. The van der Waals surface area contributed by atoms with Crippen LogP contribution in [0, 0.1) is 11.3 Å². The third-order valence-corrected chi connectivity index (χ3v) is 4.28. The number of nitrogens with zero attached hydrogens (tertiary/aromatic N) is 3. The van der Waals surface area contributed by atoms with Gasteiger partial charge in [-0.3, -0.25) is 4.90 Å². The molecule has 1 aliphatic rings. The SMILES string of the molecule is CN1CCN(CCCOc2ccccc2C#N)CC1(C)C. The first kappa shape index (κ1) is 15.8. The van der Waals surface area contributed by atoms with E-state index in [2.05, 4.69) is 36.8 Å². The zero-order valence-corrected chi connectivity index (χ0v) is 13.3. The minimum atomic E-state index is 0.243. The molecule has 0 atom stereocenters. The number of nitriles is 1. The van der Waals surface area contributed by atoms with Crippen molar-refractivity contribution in [1.82, 2.24) is 9.80 Å². The van der Waals surface area contributed by atoms with Crippen molar-refractivity contribution in [3.05, 3.63) is 29.8 Å². The molecule has 1 aliphatic heterocycles. The number of ether oxygens (including phenoxy) is 1. The van der Waals surface area contributed by atoms with E-state index >= 15 is 0 Å². The van der Waals surface area contributed by atoms with E-state index in [4.69, 9.17) is 10.00 Å². The largest absolute Gasteiger partial charge is 0.492 e. The lowest BCUT2D eigenvalue weighted by Gasteiger charge is -2.45. The zero-order chi connectivity index (χ0) is 15.3. The van der Waals surface area contributed by atoms with Crippen LogP contribution < -0.4 is 4.74 Å². The van der Waals surface area contributed by atoms with Crippen LogP contribution in [0.5, 0.6) is 5.75 Å². The van der Waals surface area contributed by atoms with Gasteiger partial charge in [0, 0.05) is 31.7 Å². The lowest BCUT2D eigenvalue weighted by Crippen LogP contribution is -2.57. The molecule has 0 aromatic heterocycles. The van der Waals surface area contributed by atoms with Crippen molar-refractivity contribution < 1.29 is 4.74 Å². The topological polar surface area (TPSA) is 39.5 Å². The molecule has 2 rings (SSSR count). The second-order valence-electron chi connectivity index (χ2n) is 6.32. The van der Waals surface area contributed by atoms with Gasteiger partial charge in [0.15, 0.2) is 0 Å². The molecule has 1 heterocycles. The van der Waals surface area contributed by atoms with Crippen molar-refractivity contribution in [1.29, 1.82) is 5.26 Å². The second kappa shape index (κ2) is 6.93. The molecule has 114 valence electrons. The zero-order valence-electron chi connectivity index (χ0n) is 13.3. The molecule has 21 heavy (non-hydrogen) atoms. The minimum Gasteiger partial charge on any atom is -0.492 e. The molecule has 0 spiro atoms. The number of piperazine rings is 1.